The van der Waals surface area contributed by atoms with Crippen LogP contribution in [0, 0.1) is 0 Å². The molecule has 0 aliphatic heterocycles. The number of nitrogens with one attached hydrogen (secondary N) is 2. The molecule has 5 heteroatoms. The number of hydrogen-bond donors (Lipinski definition) is 3. The summed E-state index contributed by atoms with van der Waals surface area (Å²) in [5.74, 6) is 0.779. The molecule has 0 spiro atoms. The van der Waals surface area contributed by atoms with Crippen LogP contribution in [0.25, 0.3) is 0 Å². The first-order chi connectivity index (χ1) is 8.20. The molecule has 1 atom stereocenters. The first-order valence-electron chi connectivity index (χ1n) is 5.39. The fourth-order valence-corrected chi connectivity index (χ4v) is 1.60. The molecule has 0 amide bonds. The second-order valence-electron chi connectivity index (χ2n) is 3.85. The van der Waals surface area contributed by atoms with Gasteiger partial charge in [0.25, 0.3) is 0 Å². The van der Waals surface area contributed by atoms with Gasteiger partial charge in [0.2, 0.25) is 0 Å². The zero-order valence-corrected chi connectivity index (χ0v) is 9.90. The van der Waals surface area contributed by atoms with Gasteiger partial charge in [0.1, 0.15) is 5.75 Å². The number of ether oxygens (including phenoxy) is 1. The number of nitrogens with two attached hydrogens (primary N) is 1. The van der Waals surface area contributed by atoms with Crippen molar-refractivity contribution >= 4 is 11.4 Å². The molecule has 2 aromatic rings. The fraction of sp³-hybridized carbons (Fsp3) is 0.250. The van der Waals surface area contributed by atoms with Crippen LogP contribution in [-0.4, -0.2) is 17.3 Å². The Labute approximate surface area is 100.0 Å². The standard InChI is InChI=1S/C12H16N4O/c1-8(9-6-14-15-7-9)16-12-5-10(17-2)3-4-11(12)13/h3-8,16H,13H2,1-2H3,(H,14,15). The van der Waals surface area contributed by atoms with Crippen molar-refractivity contribution in [3.8, 4) is 5.75 Å². The number of anilines is 2. The van der Waals surface area contributed by atoms with Crippen LogP contribution in [0.15, 0.2) is 30.6 Å². The molecule has 0 aliphatic rings. The van der Waals surface area contributed by atoms with Crippen molar-refractivity contribution in [3.63, 3.8) is 0 Å². The Hall–Kier alpha value is -2.17. The number of methoxy groups -OCH3 is 1. The number of aromatic nitrogens is 2. The highest BCUT2D eigenvalue weighted by Gasteiger charge is 2.08. The Morgan fingerprint density at radius 2 is 2.29 bits per heavy atom. The second kappa shape index (κ2) is 4.78. The van der Waals surface area contributed by atoms with Crippen molar-refractivity contribution in [2.75, 3.05) is 18.2 Å². The monoisotopic (exact) mass is 232 g/mol. The number of rotatable bonds is 4. The van der Waals surface area contributed by atoms with Crippen LogP contribution in [0.2, 0.25) is 0 Å². The van der Waals surface area contributed by atoms with E-state index in [1.807, 2.05) is 31.3 Å². The maximum Gasteiger partial charge on any atom is 0.121 e. The number of hydrogen-bond acceptors (Lipinski definition) is 4. The molecule has 1 heterocycles. The van der Waals surface area contributed by atoms with Crippen LogP contribution in [-0.2, 0) is 0 Å². The SMILES string of the molecule is COc1ccc(N)c(NC(C)c2cn[nH]c2)c1. The molecular weight excluding hydrogens is 216 g/mol. The van der Waals surface area contributed by atoms with Gasteiger partial charge in [-0.05, 0) is 19.1 Å². The molecule has 0 aliphatic carbocycles. The van der Waals surface area contributed by atoms with Gasteiger partial charge in [0.05, 0.1) is 30.7 Å². The van der Waals surface area contributed by atoms with Gasteiger partial charge in [-0.3, -0.25) is 5.10 Å². The van der Waals surface area contributed by atoms with Gasteiger partial charge in [0, 0.05) is 17.8 Å². The van der Waals surface area contributed by atoms with Gasteiger partial charge >= 0.3 is 0 Å². The van der Waals surface area contributed by atoms with Crippen LogP contribution < -0.4 is 15.8 Å². The lowest BCUT2D eigenvalue weighted by Crippen LogP contribution is -2.07. The van der Waals surface area contributed by atoms with E-state index < -0.39 is 0 Å². The van der Waals surface area contributed by atoms with E-state index in [0.29, 0.717) is 5.69 Å². The lowest BCUT2D eigenvalue weighted by atomic mass is 10.1. The molecule has 2 rings (SSSR count). The largest absolute Gasteiger partial charge is 0.497 e. The molecule has 0 fully saturated rings. The quantitative estimate of drug-likeness (QED) is 0.706. The summed E-state index contributed by atoms with van der Waals surface area (Å²) in [6.07, 6.45) is 3.64. The van der Waals surface area contributed by atoms with Crippen molar-refractivity contribution in [2.24, 2.45) is 0 Å². The lowest BCUT2D eigenvalue weighted by Gasteiger charge is -2.16. The maximum atomic E-state index is 5.90. The number of nitrogens with zero attached hydrogens (tertiary/aromatic N) is 1. The Morgan fingerprint density at radius 1 is 1.47 bits per heavy atom. The maximum absolute atomic E-state index is 5.90. The molecule has 1 aromatic heterocycles. The number of benzene rings is 1. The number of H-pyrrole nitrogens is 1. The highest BCUT2D eigenvalue weighted by Crippen LogP contribution is 2.27. The van der Waals surface area contributed by atoms with Crippen molar-refractivity contribution in [1.82, 2.24) is 10.2 Å². The van der Waals surface area contributed by atoms with Crippen molar-refractivity contribution in [3.05, 3.63) is 36.2 Å². The molecule has 0 radical (unpaired) electrons. The summed E-state index contributed by atoms with van der Waals surface area (Å²) in [5, 5.41) is 10.0. The highest BCUT2D eigenvalue weighted by molar-refractivity contribution is 5.68. The summed E-state index contributed by atoms with van der Waals surface area (Å²) < 4.78 is 5.17. The summed E-state index contributed by atoms with van der Waals surface area (Å²) in [5.41, 5.74) is 8.54. The van der Waals surface area contributed by atoms with E-state index in [-0.39, 0.29) is 6.04 Å². The van der Waals surface area contributed by atoms with E-state index in [9.17, 15) is 0 Å². The average molecular weight is 232 g/mol. The zero-order valence-electron chi connectivity index (χ0n) is 9.90. The van der Waals surface area contributed by atoms with E-state index in [1.165, 1.54) is 0 Å². The lowest BCUT2D eigenvalue weighted by molar-refractivity contribution is 0.415. The predicted octanol–water partition coefficient (Wildman–Crippen LogP) is 2.17. The van der Waals surface area contributed by atoms with Gasteiger partial charge in [-0.1, -0.05) is 0 Å². The third-order valence-corrected chi connectivity index (χ3v) is 2.65. The van der Waals surface area contributed by atoms with E-state index in [2.05, 4.69) is 15.5 Å². The molecule has 90 valence electrons. The normalized spacial score (nSPS) is 12.1. The Balaban J connectivity index is 2.18. The highest BCUT2D eigenvalue weighted by atomic mass is 16.5. The summed E-state index contributed by atoms with van der Waals surface area (Å²) in [4.78, 5) is 0. The Kier molecular flexibility index (Phi) is 3.18. The molecule has 1 unspecified atom stereocenters. The molecule has 1 aromatic carbocycles. The Bertz CT molecular complexity index is 481. The van der Waals surface area contributed by atoms with Gasteiger partial charge in [-0.2, -0.15) is 5.10 Å². The van der Waals surface area contributed by atoms with Gasteiger partial charge in [0.15, 0.2) is 0 Å². The molecule has 0 bridgehead atoms. The van der Waals surface area contributed by atoms with Crippen molar-refractivity contribution < 1.29 is 4.74 Å². The van der Waals surface area contributed by atoms with Gasteiger partial charge < -0.3 is 15.8 Å². The van der Waals surface area contributed by atoms with Crippen LogP contribution >= 0.6 is 0 Å². The molecule has 17 heavy (non-hydrogen) atoms. The first kappa shape index (κ1) is 11.3. The summed E-state index contributed by atoms with van der Waals surface area (Å²) in [7, 11) is 1.63. The average Bonchev–Trinajstić information content (AvgIpc) is 2.85. The predicted molar refractivity (Wildman–Crippen MR) is 68.0 cm³/mol. The topological polar surface area (TPSA) is 76.0 Å². The van der Waals surface area contributed by atoms with Crippen molar-refractivity contribution in [2.45, 2.75) is 13.0 Å². The smallest absolute Gasteiger partial charge is 0.121 e. The van der Waals surface area contributed by atoms with E-state index >= 15 is 0 Å². The third-order valence-electron chi connectivity index (χ3n) is 2.65. The number of nitrogen functional groups attached to an aromatic ring is 1. The summed E-state index contributed by atoms with van der Waals surface area (Å²) in [6.45, 7) is 2.05. The van der Waals surface area contributed by atoms with Gasteiger partial charge in [-0.25, -0.2) is 0 Å². The zero-order chi connectivity index (χ0) is 12.3. The van der Waals surface area contributed by atoms with Crippen LogP contribution in [0.1, 0.15) is 18.5 Å². The van der Waals surface area contributed by atoms with E-state index in [4.69, 9.17) is 10.5 Å². The fourth-order valence-electron chi connectivity index (χ4n) is 1.60. The minimum Gasteiger partial charge on any atom is -0.497 e. The van der Waals surface area contributed by atoms with Crippen LogP contribution in [0.5, 0.6) is 5.75 Å². The minimum absolute atomic E-state index is 0.128. The molecule has 0 saturated carbocycles. The second-order valence-corrected chi connectivity index (χ2v) is 3.85. The summed E-state index contributed by atoms with van der Waals surface area (Å²) >= 11 is 0. The first-order valence-corrected chi connectivity index (χ1v) is 5.39. The summed E-state index contributed by atoms with van der Waals surface area (Å²) in [6, 6.07) is 5.67. The molecular formula is C12H16N4O. The van der Waals surface area contributed by atoms with Crippen LogP contribution in [0.3, 0.4) is 0 Å². The van der Waals surface area contributed by atoms with Crippen LogP contribution in [0.4, 0.5) is 11.4 Å². The van der Waals surface area contributed by atoms with Gasteiger partial charge in [-0.15, -0.1) is 0 Å². The third kappa shape index (κ3) is 2.50. The minimum atomic E-state index is 0.128. The Morgan fingerprint density at radius 3 is 2.94 bits per heavy atom. The molecule has 5 nitrogen and oxygen atoms in total. The molecule has 0 saturated heterocycles. The number of aromatic amines is 1. The van der Waals surface area contributed by atoms with Crippen molar-refractivity contribution in [1.29, 1.82) is 0 Å². The van der Waals surface area contributed by atoms with E-state index in [1.54, 1.807) is 13.3 Å². The van der Waals surface area contributed by atoms with E-state index in [0.717, 1.165) is 17.0 Å². The molecule has 4 N–H and O–H groups in total.